The van der Waals surface area contributed by atoms with E-state index in [-0.39, 0.29) is 5.82 Å². The number of nitrogens with zero attached hydrogens (tertiary/aromatic N) is 1. The van der Waals surface area contributed by atoms with Crippen molar-refractivity contribution in [1.82, 2.24) is 4.57 Å². The van der Waals surface area contributed by atoms with Crippen LogP contribution in [0.5, 0.6) is 0 Å². The Morgan fingerprint density at radius 2 is 1.24 bits per heavy atom. The van der Waals surface area contributed by atoms with Gasteiger partial charge in [-0.25, -0.2) is 4.39 Å². The summed E-state index contributed by atoms with van der Waals surface area (Å²) in [6, 6.07) is 13.1. The van der Waals surface area contributed by atoms with Crippen LogP contribution in [0.2, 0.25) is 58.9 Å². The molecule has 0 saturated carbocycles. The molecule has 1 nitrogen and oxygen atoms in total. The second-order valence-corrected chi connectivity index (χ2v) is 27.2. The zero-order valence-corrected chi connectivity index (χ0v) is 23.8. The summed E-state index contributed by atoms with van der Waals surface area (Å²) in [4.78, 5) is 0. The van der Waals surface area contributed by atoms with Crippen LogP contribution >= 0.6 is 15.9 Å². The summed E-state index contributed by atoms with van der Waals surface area (Å²) in [6.07, 6.45) is 0. The lowest BCUT2D eigenvalue weighted by Gasteiger charge is -2.28. The number of aromatic nitrogens is 1. The van der Waals surface area contributed by atoms with Crippen LogP contribution in [0.25, 0.3) is 16.6 Å². The zero-order chi connectivity index (χ0) is 21.9. The topological polar surface area (TPSA) is 4.93 Å². The van der Waals surface area contributed by atoms with Gasteiger partial charge in [-0.05, 0) is 46.8 Å². The standard InChI is InChI=1S/C23H33BrFNSi3/c1-27(2,3)20-14-18(15-21(23(20)25)28(4,5)6)26-19-11-10-17(24)12-16(19)13-22(26)29(7,8)9/h10-15H,1-9H3. The van der Waals surface area contributed by atoms with Crippen molar-refractivity contribution in [3.63, 3.8) is 0 Å². The zero-order valence-electron chi connectivity index (χ0n) is 19.2. The van der Waals surface area contributed by atoms with Gasteiger partial charge in [0.1, 0.15) is 5.82 Å². The third-order valence-electron chi connectivity index (χ3n) is 5.46. The molecule has 3 aromatic rings. The number of rotatable bonds is 4. The van der Waals surface area contributed by atoms with Gasteiger partial charge in [0.15, 0.2) is 0 Å². The van der Waals surface area contributed by atoms with Gasteiger partial charge in [0.25, 0.3) is 0 Å². The predicted molar refractivity (Wildman–Crippen MR) is 140 cm³/mol. The molecule has 0 radical (unpaired) electrons. The Hall–Kier alpha value is -0.959. The first-order chi connectivity index (χ1) is 13.1. The first-order valence-corrected chi connectivity index (χ1v) is 21.6. The van der Waals surface area contributed by atoms with Gasteiger partial charge < -0.3 is 4.57 Å². The second kappa shape index (κ2) is 7.32. The quantitative estimate of drug-likeness (QED) is 0.373. The molecule has 156 valence electrons. The van der Waals surface area contributed by atoms with Gasteiger partial charge >= 0.3 is 0 Å². The maximum atomic E-state index is 15.7. The first kappa shape index (κ1) is 22.7. The van der Waals surface area contributed by atoms with Crippen molar-refractivity contribution in [3.8, 4) is 5.69 Å². The van der Waals surface area contributed by atoms with E-state index in [0.29, 0.717) is 0 Å². The van der Waals surface area contributed by atoms with Crippen LogP contribution in [0.1, 0.15) is 0 Å². The van der Waals surface area contributed by atoms with Gasteiger partial charge in [-0.1, -0.05) is 74.9 Å². The molecule has 0 amide bonds. The van der Waals surface area contributed by atoms with E-state index in [9.17, 15) is 0 Å². The van der Waals surface area contributed by atoms with E-state index in [2.05, 4.69) is 116 Å². The van der Waals surface area contributed by atoms with Crippen LogP contribution in [-0.4, -0.2) is 28.8 Å². The summed E-state index contributed by atoms with van der Waals surface area (Å²) in [7, 11) is -5.29. The van der Waals surface area contributed by atoms with E-state index < -0.39 is 24.2 Å². The molecular weight excluding hydrogens is 473 g/mol. The lowest BCUT2D eigenvalue weighted by atomic mass is 10.2. The summed E-state index contributed by atoms with van der Waals surface area (Å²) in [5.74, 6) is 0.0563. The van der Waals surface area contributed by atoms with Crippen LogP contribution in [0.3, 0.4) is 0 Å². The number of hydrogen-bond donors (Lipinski definition) is 0. The largest absolute Gasteiger partial charge is 0.318 e. The Kier molecular flexibility index (Phi) is 5.74. The third-order valence-corrected chi connectivity index (χ3v) is 11.8. The van der Waals surface area contributed by atoms with Crippen molar-refractivity contribution in [2.75, 3.05) is 0 Å². The summed E-state index contributed by atoms with van der Waals surface area (Å²) in [6.45, 7) is 20.6. The molecule has 0 atom stereocenters. The Morgan fingerprint density at radius 1 is 0.724 bits per heavy atom. The predicted octanol–water partition coefficient (Wildman–Crippen LogP) is 6.17. The molecular formula is C23H33BrFNSi3. The van der Waals surface area contributed by atoms with Crippen molar-refractivity contribution in [2.45, 2.75) is 58.9 Å². The molecule has 0 aliphatic rings. The van der Waals surface area contributed by atoms with E-state index in [4.69, 9.17) is 0 Å². The Balaban J connectivity index is 2.47. The van der Waals surface area contributed by atoms with Crippen LogP contribution in [0, 0.1) is 5.82 Å². The molecule has 6 heteroatoms. The van der Waals surface area contributed by atoms with Crippen LogP contribution < -0.4 is 15.7 Å². The second-order valence-electron chi connectivity index (χ2n) is 11.2. The molecule has 0 unspecified atom stereocenters. The maximum Gasteiger partial charge on any atom is 0.121 e. The van der Waals surface area contributed by atoms with Gasteiger partial charge in [-0.15, -0.1) is 0 Å². The summed E-state index contributed by atoms with van der Waals surface area (Å²) < 4.78 is 19.2. The smallest absolute Gasteiger partial charge is 0.121 e. The van der Waals surface area contributed by atoms with Crippen molar-refractivity contribution >= 4 is 66.7 Å². The highest BCUT2D eigenvalue weighted by atomic mass is 79.9. The highest BCUT2D eigenvalue weighted by Crippen LogP contribution is 2.26. The molecule has 0 N–H and O–H groups in total. The highest BCUT2D eigenvalue weighted by molar-refractivity contribution is 9.10. The van der Waals surface area contributed by atoms with Crippen LogP contribution in [0.15, 0.2) is 40.9 Å². The minimum absolute atomic E-state index is 0.0563. The molecule has 0 aliphatic carbocycles. The molecule has 1 aromatic heterocycles. The molecule has 3 rings (SSSR count). The Morgan fingerprint density at radius 3 is 1.69 bits per heavy atom. The van der Waals surface area contributed by atoms with Gasteiger partial charge in [0, 0.05) is 20.9 Å². The van der Waals surface area contributed by atoms with Crippen LogP contribution in [-0.2, 0) is 0 Å². The molecule has 0 fully saturated rings. The van der Waals surface area contributed by atoms with Crippen LogP contribution in [0.4, 0.5) is 4.39 Å². The van der Waals surface area contributed by atoms with Gasteiger partial charge in [0.05, 0.1) is 29.7 Å². The molecule has 1 heterocycles. The summed E-state index contributed by atoms with van der Waals surface area (Å²) in [5.41, 5.74) is 2.34. The summed E-state index contributed by atoms with van der Waals surface area (Å²) >= 11 is 3.62. The highest BCUT2D eigenvalue weighted by Gasteiger charge is 2.31. The minimum Gasteiger partial charge on any atom is -0.318 e. The van der Waals surface area contributed by atoms with E-state index in [1.807, 2.05) is 0 Å². The van der Waals surface area contributed by atoms with E-state index in [1.54, 1.807) is 0 Å². The normalized spacial score (nSPS) is 13.3. The number of fused-ring (bicyclic) bond motifs is 1. The lowest BCUT2D eigenvalue weighted by molar-refractivity contribution is 0.642. The molecule has 29 heavy (non-hydrogen) atoms. The molecule has 0 spiro atoms. The van der Waals surface area contributed by atoms with Gasteiger partial charge in [-0.2, -0.15) is 0 Å². The molecule has 0 saturated heterocycles. The minimum atomic E-state index is -1.83. The van der Waals surface area contributed by atoms with Crippen molar-refractivity contribution in [1.29, 1.82) is 0 Å². The Bertz CT molecular complexity index is 1050. The first-order valence-electron chi connectivity index (χ1n) is 10.3. The SMILES string of the molecule is C[Si](C)(C)c1cc(-n2c([Si](C)(C)C)cc3cc(Br)ccc32)cc([Si](C)(C)C)c1F. The lowest BCUT2D eigenvalue weighted by Crippen LogP contribution is -2.50. The van der Waals surface area contributed by atoms with Crippen molar-refractivity contribution in [3.05, 3.63) is 46.7 Å². The number of benzene rings is 2. The Labute approximate surface area is 186 Å². The molecule has 0 bridgehead atoms. The van der Waals surface area contributed by atoms with E-state index >= 15 is 4.39 Å². The van der Waals surface area contributed by atoms with Gasteiger partial charge in [0.2, 0.25) is 0 Å². The fourth-order valence-corrected chi connectivity index (χ4v) is 8.61. The molecule has 2 aromatic carbocycles. The monoisotopic (exact) mass is 505 g/mol. The van der Waals surface area contributed by atoms with E-state index in [0.717, 1.165) is 20.5 Å². The number of hydrogen-bond acceptors (Lipinski definition) is 0. The fourth-order valence-electron chi connectivity index (χ4n) is 3.85. The van der Waals surface area contributed by atoms with Gasteiger partial charge in [-0.3, -0.25) is 0 Å². The molecule has 0 aliphatic heterocycles. The average molecular weight is 507 g/mol. The van der Waals surface area contributed by atoms with Crippen molar-refractivity contribution in [2.24, 2.45) is 0 Å². The summed E-state index contributed by atoms with van der Waals surface area (Å²) in [5, 5.41) is 4.53. The third kappa shape index (κ3) is 4.41. The fraction of sp³-hybridized carbons (Fsp3) is 0.391. The maximum absolute atomic E-state index is 15.7. The number of halogens is 2. The van der Waals surface area contributed by atoms with Crippen molar-refractivity contribution < 1.29 is 4.39 Å². The van der Waals surface area contributed by atoms with E-state index in [1.165, 1.54) is 16.2 Å². The average Bonchev–Trinajstić information content (AvgIpc) is 2.91.